The van der Waals surface area contributed by atoms with E-state index in [-0.39, 0.29) is 24.0 Å². The lowest BCUT2D eigenvalue weighted by molar-refractivity contribution is 0.196. The van der Waals surface area contributed by atoms with Crippen molar-refractivity contribution in [2.45, 2.75) is 45.2 Å². The normalized spacial score (nSPS) is 21.0. The molecule has 2 unspecified atom stereocenters. The van der Waals surface area contributed by atoms with Gasteiger partial charge in [0, 0.05) is 62.8 Å². The molecule has 0 spiro atoms. The highest BCUT2D eigenvalue weighted by atomic mass is 127. The van der Waals surface area contributed by atoms with E-state index >= 15 is 0 Å². The lowest BCUT2D eigenvalue weighted by atomic mass is 10.0. The van der Waals surface area contributed by atoms with Crippen LogP contribution < -0.4 is 5.32 Å². The maximum absolute atomic E-state index is 5.02. The predicted molar refractivity (Wildman–Crippen MR) is 131 cm³/mol. The quantitative estimate of drug-likeness (QED) is 0.368. The molecular weight excluding hydrogens is 495 g/mol. The van der Waals surface area contributed by atoms with E-state index in [0.717, 1.165) is 45.2 Å². The summed E-state index contributed by atoms with van der Waals surface area (Å²) < 4.78 is 1.90. The minimum atomic E-state index is 0. The largest absolute Gasteiger partial charge is 0.357 e. The van der Waals surface area contributed by atoms with Crippen molar-refractivity contribution in [3.05, 3.63) is 39.8 Å². The Labute approximate surface area is 195 Å². The van der Waals surface area contributed by atoms with E-state index in [9.17, 15) is 0 Å². The SMILES string of the molecule is CCNC(=NCC(C)N1CCc2sccc2C1)N1CCC(c2cnn(C)c2)C1.I. The van der Waals surface area contributed by atoms with Crippen LogP contribution in [0.25, 0.3) is 0 Å². The summed E-state index contributed by atoms with van der Waals surface area (Å²) in [5, 5.41) is 10.1. The molecule has 1 N–H and O–H groups in total. The minimum Gasteiger partial charge on any atom is -0.357 e. The summed E-state index contributed by atoms with van der Waals surface area (Å²) in [6, 6.07) is 2.74. The van der Waals surface area contributed by atoms with Gasteiger partial charge in [-0.2, -0.15) is 5.10 Å². The molecule has 4 rings (SSSR count). The first kappa shape index (κ1) is 22.6. The van der Waals surface area contributed by atoms with Gasteiger partial charge in [-0.15, -0.1) is 35.3 Å². The molecule has 0 amide bonds. The smallest absolute Gasteiger partial charge is 0.193 e. The number of thiophene rings is 1. The van der Waals surface area contributed by atoms with Crippen LogP contribution in [0.4, 0.5) is 0 Å². The molecule has 29 heavy (non-hydrogen) atoms. The number of hydrogen-bond donors (Lipinski definition) is 1. The fourth-order valence-electron chi connectivity index (χ4n) is 4.28. The highest BCUT2D eigenvalue weighted by molar-refractivity contribution is 14.0. The molecule has 0 aromatic carbocycles. The maximum Gasteiger partial charge on any atom is 0.193 e. The number of fused-ring (bicyclic) bond motifs is 1. The summed E-state index contributed by atoms with van der Waals surface area (Å²) >= 11 is 1.90. The van der Waals surface area contributed by atoms with E-state index < -0.39 is 0 Å². The van der Waals surface area contributed by atoms with Gasteiger partial charge in [0.2, 0.25) is 0 Å². The molecule has 160 valence electrons. The highest BCUT2D eigenvalue weighted by Crippen LogP contribution is 2.27. The van der Waals surface area contributed by atoms with Crippen LogP contribution in [0.15, 0.2) is 28.8 Å². The molecule has 2 aliphatic heterocycles. The van der Waals surface area contributed by atoms with Gasteiger partial charge in [0.15, 0.2) is 5.96 Å². The number of hydrogen-bond acceptors (Lipinski definition) is 4. The number of aromatic nitrogens is 2. The van der Waals surface area contributed by atoms with Gasteiger partial charge in [0.1, 0.15) is 0 Å². The second kappa shape index (κ2) is 10.3. The molecule has 4 heterocycles. The number of rotatable bonds is 5. The number of likely N-dealkylation sites (tertiary alicyclic amines) is 1. The molecule has 2 atom stereocenters. The Morgan fingerprint density at radius 2 is 2.28 bits per heavy atom. The van der Waals surface area contributed by atoms with Gasteiger partial charge < -0.3 is 10.2 Å². The standard InChI is InChI=1S/C21H32N6S.HI/c1-4-22-21(27-8-5-17(14-27)19-12-24-25(3)13-19)23-11-16(2)26-9-6-20-18(15-26)7-10-28-20;/h7,10,12-13,16-17H,4-6,8-9,11,14-15H2,1-3H3,(H,22,23);1H. The molecule has 1 saturated heterocycles. The third kappa shape index (κ3) is 5.32. The summed E-state index contributed by atoms with van der Waals surface area (Å²) in [5.41, 5.74) is 2.85. The van der Waals surface area contributed by atoms with E-state index in [1.807, 2.05) is 29.3 Å². The van der Waals surface area contributed by atoms with Gasteiger partial charge in [0.25, 0.3) is 0 Å². The van der Waals surface area contributed by atoms with Crippen LogP contribution in [0.3, 0.4) is 0 Å². The lowest BCUT2D eigenvalue weighted by Gasteiger charge is -2.32. The Morgan fingerprint density at radius 3 is 3.03 bits per heavy atom. The van der Waals surface area contributed by atoms with Crippen molar-refractivity contribution >= 4 is 41.3 Å². The molecule has 0 radical (unpaired) electrons. The van der Waals surface area contributed by atoms with Crippen molar-refractivity contribution in [2.75, 3.05) is 32.7 Å². The van der Waals surface area contributed by atoms with E-state index in [1.165, 1.54) is 24.0 Å². The fraction of sp³-hybridized carbons (Fsp3) is 0.619. The fourth-order valence-corrected chi connectivity index (χ4v) is 5.17. The van der Waals surface area contributed by atoms with Crippen LogP contribution in [0.1, 0.15) is 42.2 Å². The van der Waals surface area contributed by atoms with Crippen molar-refractivity contribution in [2.24, 2.45) is 12.0 Å². The molecule has 2 aromatic heterocycles. The van der Waals surface area contributed by atoms with E-state index in [2.05, 4.69) is 51.7 Å². The molecule has 1 fully saturated rings. The first-order chi connectivity index (χ1) is 13.6. The topological polar surface area (TPSA) is 48.7 Å². The van der Waals surface area contributed by atoms with Gasteiger partial charge >= 0.3 is 0 Å². The molecule has 8 heteroatoms. The maximum atomic E-state index is 5.02. The molecule has 0 saturated carbocycles. The van der Waals surface area contributed by atoms with Gasteiger partial charge in [-0.3, -0.25) is 14.6 Å². The summed E-state index contributed by atoms with van der Waals surface area (Å²) in [5.74, 6) is 1.61. The van der Waals surface area contributed by atoms with Crippen molar-refractivity contribution in [1.82, 2.24) is 24.9 Å². The van der Waals surface area contributed by atoms with Crippen LogP contribution in [0.2, 0.25) is 0 Å². The monoisotopic (exact) mass is 528 g/mol. The Hall–Kier alpha value is -1.13. The van der Waals surface area contributed by atoms with Gasteiger partial charge in [-0.05, 0) is 49.3 Å². The van der Waals surface area contributed by atoms with Crippen molar-refractivity contribution < 1.29 is 0 Å². The molecular formula is C21H33IN6S. The Balaban J connectivity index is 0.00000240. The van der Waals surface area contributed by atoms with Gasteiger partial charge in [0.05, 0.1) is 12.7 Å². The number of nitrogens with zero attached hydrogens (tertiary/aromatic N) is 5. The lowest BCUT2D eigenvalue weighted by Crippen LogP contribution is -2.42. The second-order valence-corrected chi connectivity index (χ2v) is 9.01. The van der Waals surface area contributed by atoms with Crippen molar-refractivity contribution in [3.8, 4) is 0 Å². The average Bonchev–Trinajstić information content (AvgIpc) is 3.44. The summed E-state index contributed by atoms with van der Waals surface area (Å²) in [4.78, 5) is 11.6. The number of guanidine groups is 1. The van der Waals surface area contributed by atoms with Gasteiger partial charge in [-0.25, -0.2) is 0 Å². The van der Waals surface area contributed by atoms with E-state index in [0.29, 0.717) is 12.0 Å². The highest BCUT2D eigenvalue weighted by Gasteiger charge is 2.27. The van der Waals surface area contributed by atoms with Crippen molar-refractivity contribution in [1.29, 1.82) is 0 Å². The molecule has 0 bridgehead atoms. The Kier molecular flexibility index (Phi) is 7.98. The third-order valence-corrected chi connectivity index (χ3v) is 7.01. The molecule has 6 nitrogen and oxygen atoms in total. The van der Waals surface area contributed by atoms with Crippen LogP contribution in [-0.2, 0) is 20.0 Å². The second-order valence-electron chi connectivity index (χ2n) is 8.01. The zero-order chi connectivity index (χ0) is 19.5. The van der Waals surface area contributed by atoms with Crippen molar-refractivity contribution in [3.63, 3.8) is 0 Å². The number of aliphatic imine (C=N–C) groups is 1. The average molecular weight is 529 g/mol. The van der Waals surface area contributed by atoms with Gasteiger partial charge in [-0.1, -0.05) is 0 Å². The predicted octanol–water partition coefficient (Wildman–Crippen LogP) is 3.30. The minimum absolute atomic E-state index is 0. The third-order valence-electron chi connectivity index (χ3n) is 5.98. The van der Waals surface area contributed by atoms with E-state index in [4.69, 9.17) is 4.99 Å². The zero-order valence-corrected chi connectivity index (χ0v) is 20.8. The summed E-state index contributed by atoms with van der Waals surface area (Å²) in [7, 11) is 1.99. The van der Waals surface area contributed by atoms with Crippen LogP contribution in [-0.4, -0.2) is 64.3 Å². The molecule has 0 aliphatic carbocycles. The molecule has 2 aromatic rings. The number of nitrogens with one attached hydrogen (secondary N) is 1. The Bertz CT molecular complexity index is 816. The first-order valence-electron chi connectivity index (χ1n) is 10.4. The summed E-state index contributed by atoms with van der Waals surface area (Å²) in [6.07, 6.45) is 6.50. The van der Waals surface area contributed by atoms with Crippen LogP contribution in [0, 0.1) is 0 Å². The number of aryl methyl sites for hydroxylation is 1. The van der Waals surface area contributed by atoms with Crippen LogP contribution in [0.5, 0.6) is 0 Å². The first-order valence-corrected chi connectivity index (χ1v) is 11.3. The Morgan fingerprint density at radius 1 is 1.41 bits per heavy atom. The number of halogens is 1. The zero-order valence-electron chi connectivity index (χ0n) is 17.7. The van der Waals surface area contributed by atoms with Crippen LogP contribution >= 0.6 is 35.3 Å². The van der Waals surface area contributed by atoms with E-state index in [1.54, 1.807) is 4.88 Å². The molecule has 2 aliphatic rings. The summed E-state index contributed by atoms with van der Waals surface area (Å²) in [6.45, 7) is 10.5.